The summed E-state index contributed by atoms with van der Waals surface area (Å²) < 4.78 is 1.91. The SMILES string of the molecule is C=C/C=C\C(Cc1nc(-c2ncc3c(n2)NC(=O)C3(C(=O)NC2CC2)C2CC2)cn2ccnc12)=C(C)C. The fourth-order valence-electron chi connectivity index (χ4n) is 5.07. The summed E-state index contributed by atoms with van der Waals surface area (Å²) >= 11 is 0. The molecular formula is C28H29N7O2. The van der Waals surface area contributed by atoms with Crippen LogP contribution in [0.4, 0.5) is 5.82 Å². The maximum atomic E-state index is 13.4. The smallest absolute Gasteiger partial charge is 0.246 e. The van der Waals surface area contributed by atoms with Crippen LogP contribution in [0, 0.1) is 5.92 Å². The Labute approximate surface area is 214 Å². The van der Waals surface area contributed by atoms with Crippen molar-refractivity contribution in [3.8, 4) is 11.5 Å². The van der Waals surface area contributed by atoms with E-state index >= 15 is 0 Å². The summed E-state index contributed by atoms with van der Waals surface area (Å²) in [6.45, 7) is 7.89. The predicted octanol–water partition coefficient (Wildman–Crippen LogP) is 3.69. The van der Waals surface area contributed by atoms with E-state index in [1.807, 2.05) is 28.9 Å². The van der Waals surface area contributed by atoms with Gasteiger partial charge in [0.05, 0.1) is 5.69 Å². The third-order valence-corrected chi connectivity index (χ3v) is 7.37. The molecular weight excluding hydrogens is 466 g/mol. The lowest BCUT2D eigenvalue weighted by atomic mass is 9.77. The van der Waals surface area contributed by atoms with Gasteiger partial charge in [-0.2, -0.15) is 0 Å². The molecule has 3 aromatic heterocycles. The fraction of sp³-hybridized carbons (Fsp3) is 0.357. The summed E-state index contributed by atoms with van der Waals surface area (Å²) in [5.74, 6) is 0.203. The average molecular weight is 496 g/mol. The topological polar surface area (TPSA) is 114 Å². The molecule has 2 N–H and O–H groups in total. The summed E-state index contributed by atoms with van der Waals surface area (Å²) in [5, 5.41) is 5.94. The van der Waals surface area contributed by atoms with Crippen molar-refractivity contribution in [2.24, 2.45) is 5.92 Å². The van der Waals surface area contributed by atoms with Crippen molar-refractivity contribution in [2.75, 3.05) is 5.32 Å². The number of allylic oxidation sites excluding steroid dienone is 5. The van der Waals surface area contributed by atoms with Gasteiger partial charge in [-0.3, -0.25) is 9.59 Å². The second-order valence-electron chi connectivity index (χ2n) is 10.3. The van der Waals surface area contributed by atoms with E-state index in [1.54, 1.807) is 18.5 Å². The zero-order valence-corrected chi connectivity index (χ0v) is 21.0. The number of rotatable bonds is 8. The van der Waals surface area contributed by atoms with Crippen LogP contribution in [-0.2, 0) is 21.4 Å². The molecule has 1 atom stereocenters. The lowest BCUT2D eigenvalue weighted by Crippen LogP contribution is -2.51. The minimum absolute atomic E-state index is 0.0277. The van der Waals surface area contributed by atoms with Gasteiger partial charge in [0.1, 0.15) is 11.5 Å². The van der Waals surface area contributed by atoms with E-state index in [-0.39, 0.29) is 23.8 Å². The lowest BCUT2D eigenvalue weighted by Gasteiger charge is -2.25. The lowest BCUT2D eigenvalue weighted by molar-refractivity contribution is -0.135. The summed E-state index contributed by atoms with van der Waals surface area (Å²) in [6, 6.07) is 0.164. The Morgan fingerprint density at radius 1 is 1.24 bits per heavy atom. The van der Waals surface area contributed by atoms with E-state index < -0.39 is 5.41 Å². The average Bonchev–Trinajstić information content (AvgIpc) is 3.81. The highest BCUT2D eigenvalue weighted by Crippen LogP contribution is 2.53. The summed E-state index contributed by atoms with van der Waals surface area (Å²) in [4.78, 5) is 45.4. The highest BCUT2D eigenvalue weighted by atomic mass is 16.2. The van der Waals surface area contributed by atoms with Crippen molar-refractivity contribution in [3.63, 3.8) is 0 Å². The molecule has 0 spiro atoms. The van der Waals surface area contributed by atoms with Gasteiger partial charge in [0.15, 0.2) is 16.9 Å². The van der Waals surface area contributed by atoms with Crippen LogP contribution in [0.5, 0.6) is 0 Å². The highest BCUT2D eigenvalue weighted by Gasteiger charge is 2.62. The van der Waals surface area contributed by atoms with Crippen LogP contribution >= 0.6 is 0 Å². The molecule has 188 valence electrons. The van der Waals surface area contributed by atoms with Gasteiger partial charge in [0, 0.05) is 42.8 Å². The standard InChI is InChI=1S/C28H29N7O2/c1-4-5-6-17(16(2)3)13-21-25-29-11-12-35(25)15-22(32-21)24-30-14-20-23(33-24)34-27(37)28(20,18-7-8-18)26(36)31-19-9-10-19/h4-6,11-12,14-15,18-19H,1,7-10,13H2,2-3H3,(H,31,36)(H,30,33,34,37)/b6-5-. The molecule has 0 bridgehead atoms. The van der Waals surface area contributed by atoms with E-state index in [0.29, 0.717) is 29.3 Å². The molecule has 9 nitrogen and oxygen atoms in total. The van der Waals surface area contributed by atoms with Gasteiger partial charge < -0.3 is 15.0 Å². The van der Waals surface area contributed by atoms with Gasteiger partial charge in [-0.05, 0) is 51.0 Å². The zero-order chi connectivity index (χ0) is 25.7. The zero-order valence-electron chi connectivity index (χ0n) is 21.0. The van der Waals surface area contributed by atoms with Crippen LogP contribution in [0.25, 0.3) is 17.2 Å². The molecule has 2 saturated carbocycles. The minimum atomic E-state index is -1.25. The molecule has 6 rings (SSSR count). The molecule has 2 amide bonds. The summed E-state index contributed by atoms with van der Waals surface area (Å²) in [6.07, 6.45) is 16.9. The fourth-order valence-corrected chi connectivity index (χ4v) is 5.07. The van der Waals surface area contributed by atoms with E-state index in [1.165, 1.54) is 5.57 Å². The summed E-state index contributed by atoms with van der Waals surface area (Å²) in [5.41, 5.74) is 3.71. The van der Waals surface area contributed by atoms with Crippen LogP contribution in [0.15, 0.2) is 60.7 Å². The van der Waals surface area contributed by atoms with Crippen molar-refractivity contribution < 1.29 is 9.59 Å². The Morgan fingerprint density at radius 3 is 2.76 bits per heavy atom. The normalized spacial score (nSPS) is 20.6. The molecule has 3 aromatic rings. The Balaban J connectivity index is 1.40. The van der Waals surface area contributed by atoms with E-state index in [4.69, 9.17) is 9.97 Å². The first-order valence-corrected chi connectivity index (χ1v) is 12.7. The maximum absolute atomic E-state index is 13.4. The Hall–Kier alpha value is -4.14. The molecule has 9 heteroatoms. The quantitative estimate of drug-likeness (QED) is 0.364. The number of aromatic nitrogens is 5. The van der Waals surface area contributed by atoms with Crippen molar-refractivity contribution in [2.45, 2.75) is 57.4 Å². The number of hydrogen-bond acceptors (Lipinski definition) is 6. The number of fused-ring (bicyclic) bond motifs is 2. The third-order valence-electron chi connectivity index (χ3n) is 7.37. The van der Waals surface area contributed by atoms with Crippen LogP contribution in [0.2, 0.25) is 0 Å². The largest absolute Gasteiger partial charge is 0.352 e. The molecule has 4 heterocycles. The van der Waals surface area contributed by atoms with E-state index in [2.05, 4.69) is 41.0 Å². The van der Waals surface area contributed by atoms with Crippen LogP contribution < -0.4 is 10.6 Å². The number of amides is 2. The molecule has 3 aliphatic rings. The molecule has 1 unspecified atom stereocenters. The van der Waals surface area contributed by atoms with Crippen LogP contribution in [0.1, 0.15) is 50.8 Å². The molecule has 0 aromatic carbocycles. The van der Waals surface area contributed by atoms with Gasteiger partial charge in [-0.25, -0.2) is 19.9 Å². The molecule has 2 fully saturated rings. The molecule has 2 aliphatic carbocycles. The Morgan fingerprint density at radius 2 is 2.05 bits per heavy atom. The van der Waals surface area contributed by atoms with Crippen molar-refractivity contribution in [1.82, 2.24) is 29.7 Å². The second kappa shape index (κ2) is 8.76. The Bertz CT molecular complexity index is 1510. The minimum Gasteiger partial charge on any atom is -0.352 e. The summed E-state index contributed by atoms with van der Waals surface area (Å²) in [7, 11) is 0. The Kier molecular flexibility index (Phi) is 5.51. The molecule has 0 radical (unpaired) electrons. The van der Waals surface area contributed by atoms with Gasteiger partial charge in [0.25, 0.3) is 0 Å². The highest BCUT2D eigenvalue weighted by molar-refractivity contribution is 6.20. The number of carbonyl (C=O) groups excluding carboxylic acids is 2. The molecule has 1 aliphatic heterocycles. The van der Waals surface area contributed by atoms with Crippen molar-refractivity contribution >= 4 is 23.3 Å². The molecule has 37 heavy (non-hydrogen) atoms. The number of imidazole rings is 1. The third kappa shape index (κ3) is 3.94. The van der Waals surface area contributed by atoms with Crippen molar-refractivity contribution in [3.05, 3.63) is 72.0 Å². The van der Waals surface area contributed by atoms with E-state index in [9.17, 15) is 9.59 Å². The number of nitrogens with zero attached hydrogens (tertiary/aromatic N) is 5. The maximum Gasteiger partial charge on any atom is 0.246 e. The molecule has 0 saturated heterocycles. The predicted molar refractivity (Wildman–Crippen MR) is 140 cm³/mol. The van der Waals surface area contributed by atoms with Crippen LogP contribution in [0.3, 0.4) is 0 Å². The first kappa shape index (κ1) is 23.3. The van der Waals surface area contributed by atoms with Gasteiger partial charge in [-0.1, -0.05) is 30.4 Å². The first-order valence-electron chi connectivity index (χ1n) is 12.7. The number of hydrogen-bond donors (Lipinski definition) is 2. The second-order valence-corrected chi connectivity index (χ2v) is 10.3. The monoisotopic (exact) mass is 495 g/mol. The number of nitrogens with one attached hydrogen (secondary N) is 2. The number of anilines is 1. The van der Waals surface area contributed by atoms with Gasteiger partial charge in [-0.15, -0.1) is 0 Å². The van der Waals surface area contributed by atoms with Crippen LogP contribution in [-0.4, -0.2) is 42.2 Å². The first-order chi connectivity index (χ1) is 17.9. The van der Waals surface area contributed by atoms with Crippen molar-refractivity contribution in [1.29, 1.82) is 0 Å². The van der Waals surface area contributed by atoms with Gasteiger partial charge >= 0.3 is 0 Å². The number of carbonyl (C=O) groups is 2. The van der Waals surface area contributed by atoms with Gasteiger partial charge in [0.2, 0.25) is 11.8 Å². The van der Waals surface area contributed by atoms with E-state index in [0.717, 1.165) is 42.6 Å².